The van der Waals surface area contributed by atoms with E-state index in [4.69, 9.17) is 23.2 Å². The molecule has 0 atom stereocenters. The molecule has 0 unspecified atom stereocenters. The average molecular weight is 447 g/mol. The summed E-state index contributed by atoms with van der Waals surface area (Å²) in [4.78, 5) is 29.6. The Morgan fingerprint density at radius 3 is 2.40 bits per heavy atom. The standard InChI is InChI=1S/C24H28Cl2N2O2/c1-2-14-28(23(29)11-9-18-8-10-20(25)17-22(18)26)21-12-15-27(16-13-21)24(30)19-6-4-3-5-7-19/h3-8,10,17,21H,2,9,11-16H2,1H3. The fraction of sp³-hybridized carbons (Fsp3) is 0.417. The molecular weight excluding hydrogens is 419 g/mol. The molecule has 0 spiro atoms. The number of nitrogens with zero attached hydrogens (tertiary/aromatic N) is 2. The summed E-state index contributed by atoms with van der Waals surface area (Å²) in [5, 5.41) is 1.20. The number of hydrogen-bond acceptors (Lipinski definition) is 2. The maximum atomic E-state index is 13.0. The van der Waals surface area contributed by atoms with E-state index in [9.17, 15) is 9.59 Å². The van der Waals surface area contributed by atoms with E-state index >= 15 is 0 Å². The van der Waals surface area contributed by atoms with Crippen molar-refractivity contribution >= 4 is 35.0 Å². The Morgan fingerprint density at radius 2 is 1.77 bits per heavy atom. The molecule has 1 fully saturated rings. The Labute approximate surface area is 188 Å². The van der Waals surface area contributed by atoms with Crippen LogP contribution in [0.4, 0.5) is 0 Å². The predicted octanol–water partition coefficient (Wildman–Crippen LogP) is 5.47. The Hall–Kier alpha value is -2.04. The molecular formula is C24H28Cl2N2O2. The summed E-state index contributed by atoms with van der Waals surface area (Å²) in [6, 6.07) is 15.0. The van der Waals surface area contributed by atoms with Crippen molar-refractivity contribution in [3.8, 4) is 0 Å². The van der Waals surface area contributed by atoms with Crippen molar-refractivity contribution in [2.75, 3.05) is 19.6 Å². The first-order valence-corrected chi connectivity index (χ1v) is 11.3. The lowest BCUT2D eigenvalue weighted by molar-refractivity contribution is -0.134. The Balaban J connectivity index is 1.57. The minimum atomic E-state index is 0.0693. The zero-order valence-corrected chi connectivity index (χ0v) is 18.8. The van der Waals surface area contributed by atoms with Crippen molar-refractivity contribution in [3.05, 3.63) is 69.7 Å². The Kier molecular flexibility index (Phi) is 8.17. The zero-order valence-electron chi connectivity index (χ0n) is 17.3. The van der Waals surface area contributed by atoms with Crippen LogP contribution in [0.5, 0.6) is 0 Å². The lowest BCUT2D eigenvalue weighted by Gasteiger charge is -2.38. The van der Waals surface area contributed by atoms with Crippen LogP contribution in [0.1, 0.15) is 48.5 Å². The molecule has 30 heavy (non-hydrogen) atoms. The van der Waals surface area contributed by atoms with Crippen molar-refractivity contribution in [2.45, 2.75) is 45.1 Å². The van der Waals surface area contributed by atoms with Gasteiger partial charge in [0.05, 0.1) is 0 Å². The summed E-state index contributed by atoms with van der Waals surface area (Å²) in [7, 11) is 0. The van der Waals surface area contributed by atoms with Gasteiger partial charge in [0.1, 0.15) is 0 Å². The molecule has 2 amide bonds. The first-order chi connectivity index (χ1) is 14.5. The van der Waals surface area contributed by atoms with Gasteiger partial charge in [-0.3, -0.25) is 9.59 Å². The fourth-order valence-electron chi connectivity index (χ4n) is 4.01. The van der Waals surface area contributed by atoms with Crippen LogP contribution in [0.2, 0.25) is 10.0 Å². The second kappa shape index (κ2) is 10.8. The molecule has 2 aromatic carbocycles. The number of piperidine rings is 1. The summed E-state index contributed by atoms with van der Waals surface area (Å²) in [5.74, 6) is 0.218. The van der Waals surface area contributed by atoms with E-state index in [1.165, 1.54) is 0 Å². The van der Waals surface area contributed by atoms with Crippen molar-refractivity contribution in [3.63, 3.8) is 0 Å². The van der Waals surface area contributed by atoms with Gasteiger partial charge in [-0.2, -0.15) is 0 Å². The Bertz CT molecular complexity index is 865. The first kappa shape index (κ1) is 22.6. The number of amides is 2. The van der Waals surface area contributed by atoms with Crippen LogP contribution >= 0.6 is 23.2 Å². The number of aryl methyl sites for hydroxylation is 1. The van der Waals surface area contributed by atoms with Gasteiger partial charge in [-0.15, -0.1) is 0 Å². The molecule has 1 aliphatic heterocycles. The molecule has 0 radical (unpaired) electrons. The fourth-order valence-corrected chi connectivity index (χ4v) is 4.51. The van der Waals surface area contributed by atoms with Crippen LogP contribution < -0.4 is 0 Å². The summed E-state index contributed by atoms with van der Waals surface area (Å²) >= 11 is 12.2. The lowest BCUT2D eigenvalue weighted by Crippen LogP contribution is -2.49. The largest absolute Gasteiger partial charge is 0.340 e. The molecule has 6 heteroatoms. The molecule has 0 saturated carbocycles. The number of halogens is 2. The maximum absolute atomic E-state index is 13.0. The Morgan fingerprint density at radius 1 is 1.07 bits per heavy atom. The third-order valence-electron chi connectivity index (χ3n) is 5.62. The van der Waals surface area contributed by atoms with Gasteiger partial charge in [0.25, 0.3) is 5.91 Å². The van der Waals surface area contributed by atoms with Crippen molar-refractivity contribution in [2.24, 2.45) is 0 Å². The summed E-state index contributed by atoms with van der Waals surface area (Å²) in [6.45, 7) is 4.18. The summed E-state index contributed by atoms with van der Waals surface area (Å²) in [5.41, 5.74) is 1.66. The smallest absolute Gasteiger partial charge is 0.253 e. The number of carbonyl (C=O) groups is 2. The van der Waals surface area contributed by atoms with Crippen LogP contribution in [0.25, 0.3) is 0 Å². The van der Waals surface area contributed by atoms with Crippen LogP contribution in [-0.2, 0) is 11.2 Å². The predicted molar refractivity (Wildman–Crippen MR) is 122 cm³/mol. The summed E-state index contributed by atoms with van der Waals surface area (Å²) in [6.07, 6.45) is 3.56. The van der Waals surface area contributed by atoms with Crippen molar-refractivity contribution in [1.29, 1.82) is 0 Å². The number of likely N-dealkylation sites (tertiary alicyclic amines) is 1. The monoisotopic (exact) mass is 446 g/mol. The minimum absolute atomic E-state index is 0.0693. The van der Waals surface area contributed by atoms with Gasteiger partial charge in [-0.1, -0.05) is 54.4 Å². The van der Waals surface area contributed by atoms with Gasteiger partial charge < -0.3 is 9.80 Å². The third-order valence-corrected chi connectivity index (χ3v) is 6.21. The molecule has 2 aromatic rings. The van der Waals surface area contributed by atoms with Crippen LogP contribution in [-0.4, -0.2) is 47.3 Å². The molecule has 4 nitrogen and oxygen atoms in total. The van der Waals surface area contributed by atoms with E-state index in [0.29, 0.717) is 36.0 Å². The molecule has 0 aromatic heterocycles. The minimum Gasteiger partial charge on any atom is -0.340 e. The number of carbonyl (C=O) groups excluding carboxylic acids is 2. The van der Waals surface area contributed by atoms with E-state index in [2.05, 4.69) is 6.92 Å². The van der Waals surface area contributed by atoms with E-state index in [0.717, 1.165) is 36.9 Å². The van der Waals surface area contributed by atoms with E-state index in [1.54, 1.807) is 12.1 Å². The van der Waals surface area contributed by atoms with Gasteiger partial charge in [-0.05, 0) is 55.5 Å². The van der Waals surface area contributed by atoms with Gasteiger partial charge in [0.2, 0.25) is 5.91 Å². The molecule has 0 bridgehead atoms. The number of rotatable bonds is 7. The van der Waals surface area contributed by atoms with E-state index in [-0.39, 0.29) is 17.9 Å². The molecule has 1 aliphatic rings. The molecule has 0 N–H and O–H groups in total. The van der Waals surface area contributed by atoms with Crippen molar-refractivity contribution < 1.29 is 9.59 Å². The van der Waals surface area contributed by atoms with Crippen LogP contribution in [0, 0.1) is 0 Å². The zero-order chi connectivity index (χ0) is 21.5. The van der Waals surface area contributed by atoms with Gasteiger partial charge in [0.15, 0.2) is 0 Å². The van der Waals surface area contributed by atoms with Gasteiger partial charge in [-0.25, -0.2) is 0 Å². The SMILES string of the molecule is CCCN(C(=O)CCc1ccc(Cl)cc1Cl)C1CCN(C(=O)c2ccccc2)CC1. The second-order valence-electron chi connectivity index (χ2n) is 7.71. The highest BCUT2D eigenvalue weighted by atomic mass is 35.5. The molecule has 160 valence electrons. The number of benzene rings is 2. The third kappa shape index (κ3) is 5.77. The molecule has 1 saturated heterocycles. The molecule has 3 rings (SSSR count). The first-order valence-electron chi connectivity index (χ1n) is 10.6. The van der Waals surface area contributed by atoms with Gasteiger partial charge >= 0.3 is 0 Å². The maximum Gasteiger partial charge on any atom is 0.253 e. The highest BCUT2D eigenvalue weighted by molar-refractivity contribution is 6.35. The van der Waals surface area contributed by atoms with Crippen LogP contribution in [0.3, 0.4) is 0 Å². The average Bonchev–Trinajstić information content (AvgIpc) is 2.77. The highest BCUT2D eigenvalue weighted by Gasteiger charge is 2.29. The van der Waals surface area contributed by atoms with E-state index in [1.807, 2.05) is 46.2 Å². The topological polar surface area (TPSA) is 40.6 Å². The molecule has 0 aliphatic carbocycles. The highest BCUT2D eigenvalue weighted by Crippen LogP contribution is 2.24. The lowest BCUT2D eigenvalue weighted by atomic mass is 10.0. The quantitative estimate of drug-likeness (QED) is 0.565. The normalized spacial score (nSPS) is 14.6. The van der Waals surface area contributed by atoms with Crippen molar-refractivity contribution in [1.82, 2.24) is 9.80 Å². The second-order valence-corrected chi connectivity index (χ2v) is 8.56. The molecule has 1 heterocycles. The number of hydrogen-bond donors (Lipinski definition) is 0. The summed E-state index contributed by atoms with van der Waals surface area (Å²) < 4.78 is 0. The van der Waals surface area contributed by atoms with E-state index < -0.39 is 0 Å². The van der Waals surface area contributed by atoms with Gasteiger partial charge in [0, 0.05) is 47.7 Å². The van der Waals surface area contributed by atoms with Crippen LogP contribution in [0.15, 0.2) is 48.5 Å².